The number of hydrogen-bond donors (Lipinski definition) is 1. The molecule has 1 N–H and O–H groups in total. The van der Waals surface area contributed by atoms with E-state index in [1.807, 2.05) is 41.3 Å². The van der Waals surface area contributed by atoms with Crippen molar-refractivity contribution in [3.05, 3.63) is 71.2 Å². The first-order valence-electron chi connectivity index (χ1n) is 13.7. The molecule has 2 aliphatic heterocycles. The van der Waals surface area contributed by atoms with Crippen molar-refractivity contribution in [1.82, 2.24) is 19.7 Å². The monoisotopic (exact) mass is 548 g/mol. The molecule has 3 aromatic carbocycles. The van der Waals surface area contributed by atoms with Crippen LogP contribution in [0.25, 0.3) is 21.8 Å². The Morgan fingerprint density at radius 1 is 1.10 bits per heavy atom. The van der Waals surface area contributed by atoms with Crippen molar-refractivity contribution in [2.45, 2.75) is 31.6 Å². The predicted octanol–water partition coefficient (Wildman–Crippen LogP) is 5.96. The van der Waals surface area contributed by atoms with Crippen molar-refractivity contribution in [3.8, 4) is 11.5 Å². The molecule has 6 nitrogen and oxygen atoms in total. The van der Waals surface area contributed by atoms with Gasteiger partial charge in [-0.25, -0.2) is 4.39 Å². The fourth-order valence-corrected chi connectivity index (χ4v) is 6.14. The van der Waals surface area contributed by atoms with Gasteiger partial charge in [0, 0.05) is 65.0 Å². The minimum Gasteiger partial charge on any atom is -0.455 e. The van der Waals surface area contributed by atoms with E-state index in [1.54, 1.807) is 12.1 Å². The van der Waals surface area contributed by atoms with Gasteiger partial charge in [-0.2, -0.15) is 0 Å². The molecule has 0 bridgehead atoms. The highest BCUT2D eigenvalue weighted by atomic mass is 35.5. The van der Waals surface area contributed by atoms with Crippen molar-refractivity contribution in [1.29, 1.82) is 0 Å². The maximum Gasteiger partial charge on any atom is 0.254 e. The summed E-state index contributed by atoms with van der Waals surface area (Å²) in [7, 11) is 4.12. The van der Waals surface area contributed by atoms with E-state index < -0.39 is 6.17 Å². The van der Waals surface area contributed by atoms with Crippen molar-refractivity contribution >= 4 is 39.3 Å². The Hall–Kier alpha value is -3.13. The van der Waals surface area contributed by atoms with Gasteiger partial charge in [-0.1, -0.05) is 29.8 Å². The number of carbonyl (C=O) groups excluding carboxylic acids is 1. The quantitative estimate of drug-likeness (QED) is 0.323. The number of rotatable bonds is 6. The van der Waals surface area contributed by atoms with Crippen LogP contribution < -0.4 is 10.1 Å². The lowest BCUT2D eigenvalue weighted by Crippen LogP contribution is -2.39. The highest BCUT2D eigenvalue weighted by Crippen LogP contribution is 2.40. The molecule has 1 aromatic heterocycles. The number of aromatic nitrogens is 1. The summed E-state index contributed by atoms with van der Waals surface area (Å²) in [6.07, 6.45) is 0.798. The summed E-state index contributed by atoms with van der Waals surface area (Å²) >= 11 is 6.13. The maximum absolute atomic E-state index is 15.0. The number of amides is 1. The van der Waals surface area contributed by atoms with E-state index in [0.717, 1.165) is 47.7 Å². The Morgan fingerprint density at radius 3 is 2.64 bits per heavy atom. The largest absolute Gasteiger partial charge is 0.455 e. The average Bonchev–Trinajstić information content (AvgIpc) is 3.55. The van der Waals surface area contributed by atoms with Gasteiger partial charge in [0.2, 0.25) is 0 Å². The Morgan fingerprint density at radius 2 is 1.90 bits per heavy atom. The van der Waals surface area contributed by atoms with E-state index >= 15 is 0 Å². The van der Waals surface area contributed by atoms with E-state index in [1.165, 1.54) is 0 Å². The van der Waals surface area contributed by atoms with Crippen LogP contribution in [0.3, 0.4) is 0 Å². The Kier molecular flexibility index (Phi) is 7.23. The molecular weight excluding hydrogens is 515 g/mol. The third-order valence-electron chi connectivity index (χ3n) is 8.26. The molecule has 1 amide bonds. The van der Waals surface area contributed by atoms with Crippen LogP contribution in [0.15, 0.2) is 60.7 Å². The summed E-state index contributed by atoms with van der Waals surface area (Å²) < 4.78 is 23.6. The summed E-state index contributed by atoms with van der Waals surface area (Å²) in [6.45, 7) is 3.14. The second kappa shape index (κ2) is 10.8. The van der Waals surface area contributed by atoms with Crippen LogP contribution in [0.2, 0.25) is 5.02 Å². The van der Waals surface area contributed by atoms with Crippen LogP contribution in [0.5, 0.6) is 11.5 Å². The number of nitrogens with one attached hydrogen (secondary N) is 1. The van der Waals surface area contributed by atoms with Crippen LogP contribution in [0.4, 0.5) is 4.39 Å². The van der Waals surface area contributed by atoms with Gasteiger partial charge in [0.1, 0.15) is 11.9 Å². The summed E-state index contributed by atoms with van der Waals surface area (Å²) in [5.41, 5.74) is 2.48. The molecule has 0 radical (unpaired) electrons. The second-order valence-corrected chi connectivity index (χ2v) is 11.4. The molecule has 2 fully saturated rings. The average molecular weight is 549 g/mol. The molecule has 204 valence electrons. The number of fused-ring (bicyclic) bond motifs is 3. The third-order valence-corrected chi connectivity index (χ3v) is 8.51. The highest BCUT2D eigenvalue weighted by Gasteiger charge is 2.31. The van der Waals surface area contributed by atoms with Gasteiger partial charge in [-0.05, 0) is 75.9 Å². The minimum absolute atomic E-state index is 0.00112. The van der Waals surface area contributed by atoms with E-state index in [0.29, 0.717) is 47.8 Å². The van der Waals surface area contributed by atoms with Gasteiger partial charge >= 0.3 is 0 Å². The van der Waals surface area contributed by atoms with Gasteiger partial charge in [0.25, 0.3) is 5.91 Å². The van der Waals surface area contributed by atoms with Gasteiger partial charge < -0.3 is 24.4 Å². The maximum atomic E-state index is 15.0. The van der Waals surface area contributed by atoms with Gasteiger partial charge in [0.15, 0.2) is 5.75 Å². The molecule has 0 aliphatic carbocycles. The third kappa shape index (κ3) is 5.11. The summed E-state index contributed by atoms with van der Waals surface area (Å²) in [5.74, 6) is 1.10. The number of piperidine rings is 1. The number of carbonyl (C=O) groups is 1. The number of halogens is 2. The zero-order chi connectivity index (χ0) is 27.1. The molecule has 3 heterocycles. The van der Waals surface area contributed by atoms with Crippen molar-refractivity contribution < 1.29 is 13.9 Å². The van der Waals surface area contributed by atoms with Crippen molar-refractivity contribution in [3.63, 3.8) is 0 Å². The number of ether oxygens (including phenoxy) is 1. The predicted molar refractivity (Wildman–Crippen MR) is 155 cm³/mol. The van der Waals surface area contributed by atoms with Crippen molar-refractivity contribution in [2.24, 2.45) is 5.92 Å². The minimum atomic E-state index is -0.920. The zero-order valence-corrected chi connectivity index (χ0v) is 23.1. The number of hydrogen-bond acceptors (Lipinski definition) is 4. The molecule has 2 saturated heterocycles. The van der Waals surface area contributed by atoms with Crippen LogP contribution >= 0.6 is 11.6 Å². The number of para-hydroxylation sites is 1. The number of alkyl halides is 1. The van der Waals surface area contributed by atoms with E-state index in [4.69, 9.17) is 16.3 Å². The van der Waals surface area contributed by atoms with Gasteiger partial charge in [0.05, 0.1) is 5.52 Å². The molecule has 2 aliphatic rings. The van der Waals surface area contributed by atoms with Gasteiger partial charge in [-0.15, -0.1) is 0 Å². The van der Waals surface area contributed by atoms with E-state index in [9.17, 15) is 9.18 Å². The van der Waals surface area contributed by atoms with Crippen LogP contribution in [-0.4, -0.2) is 72.8 Å². The van der Waals surface area contributed by atoms with Crippen molar-refractivity contribution in [2.75, 3.05) is 40.3 Å². The van der Waals surface area contributed by atoms with Crippen LogP contribution in [0.1, 0.15) is 23.2 Å². The Balaban J connectivity index is 1.49. The summed E-state index contributed by atoms with van der Waals surface area (Å²) in [5, 5.41) is 5.74. The fraction of sp³-hybridized carbons (Fsp3) is 0.387. The molecule has 3 atom stereocenters. The molecule has 1 unspecified atom stereocenters. The standard InChI is InChI=1S/C31H34ClFN4O2/c1-35(2)23-12-14-36(19-23)31(38)21-15-26-25-5-3-4-6-28(25)37(18-20-11-13-34-17-27(20)33)30(26)29(16-21)39-24-9-7-22(32)8-10-24/h3-10,15-16,20,23,27,34H,11-14,17-19H2,1-2H3/t20-,23?,27+/m0/s1. The van der Waals surface area contributed by atoms with Gasteiger partial charge in [-0.3, -0.25) is 4.79 Å². The van der Waals surface area contributed by atoms with Crippen LogP contribution in [0, 0.1) is 5.92 Å². The lowest BCUT2D eigenvalue weighted by Gasteiger charge is -2.28. The highest BCUT2D eigenvalue weighted by molar-refractivity contribution is 6.30. The number of nitrogens with zero attached hydrogens (tertiary/aromatic N) is 3. The first-order chi connectivity index (χ1) is 18.9. The second-order valence-electron chi connectivity index (χ2n) is 11.0. The molecule has 0 saturated carbocycles. The first kappa shape index (κ1) is 26.1. The van der Waals surface area contributed by atoms with E-state index in [-0.39, 0.29) is 11.8 Å². The fourth-order valence-electron chi connectivity index (χ4n) is 6.01. The van der Waals surface area contributed by atoms with E-state index in [2.05, 4.69) is 41.0 Å². The number of likely N-dealkylation sites (tertiary alicyclic amines) is 1. The van der Waals surface area contributed by atoms with Crippen LogP contribution in [-0.2, 0) is 6.54 Å². The molecule has 4 aromatic rings. The lowest BCUT2D eigenvalue weighted by atomic mass is 9.96. The SMILES string of the molecule is CN(C)C1CCN(C(=O)c2cc(Oc3ccc(Cl)cc3)c3c(c2)c2ccccc2n3C[C@@H]2CCNC[C@H]2F)C1. The zero-order valence-electron chi connectivity index (χ0n) is 22.4. The normalized spacial score (nSPS) is 21.8. The molecule has 8 heteroatoms. The number of benzene rings is 3. The molecule has 6 rings (SSSR count). The lowest BCUT2D eigenvalue weighted by molar-refractivity contribution is 0.0783. The molecular formula is C31H34ClFN4O2. The summed E-state index contributed by atoms with van der Waals surface area (Å²) in [4.78, 5) is 17.9. The first-order valence-corrected chi connectivity index (χ1v) is 14.1. The Labute approximate surface area is 233 Å². The smallest absolute Gasteiger partial charge is 0.254 e. The topological polar surface area (TPSA) is 49.7 Å². The molecule has 39 heavy (non-hydrogen) atoms. The number of likely N-dealkylation sites (N-methyl/N-ethyl adjacent to an activating group) is 1. The molecule has 0 spiro atoms. The Bertz CT molecular complexity index is 1500. The summed E-state index contributed by atoms with van der Waals surface area (Å²) in [6, 6.07) is 19.6.